The van der Waals surface area contributed by atoms with E-state index in [1.54, 1.807) is 7.11 Å². The van der Waals surface area contributed by atoms with Crippen LogP contribution in [-0.2, 0) is 11.2 Å². The molecule has 0 unspecified atom stereocenters. The SMILES string of the molecule is COC(C)(C)Cc1nc(C2CCCC2)n(C2CC2)c1N. The van der Waals surface area contributed by atoms with E-state index in [0.29, 0.717) is 12.0 Å². The summed E-state index contributed by atoms with van der Waals surface area (Å²) >= 11 is 0. The number of nitrogen functional groups attached to an aromatic ring is 1. The van der Waals surface area contributed by atoms with Crippen molar-refractivity contribution in [2.24, 2.45) is 0 Å². The van der Waals surface area contributed by atoms with Gasteiger partial charge in [0.15, 0.2) is 0 Å². The van der Waals surface area contributed by atoms with Gasteiger partial charge in [-0.1, -0.05) is 12.8 Å². The van der Waals surface area contributed by atoms with Gasteiger partial charge in [0.1, 0.15) is 11.6 Å². The van der Waals surface area contributed by atoms with Gasteiger partial charge < -0.3 is 15.0 Å². The molecule has 0 amide bonds. The van der Waals surface area contributed by atoms with Crippen LogP contribution in [0.25, 0.3) is 0 Å². The number of hydrogen-bond donors (Lipinski definition) is 1. The zero-order valence-electron chi connectivity index (χ0n) is 13.0. The van der Waals surface area contributed by atoms with E-state index in [0.717, 1.165) is 17.9 Å². The Balaban J connectivity index is 1.93. The number of anilines is 1. The van der Waals surface area contributed by atoms with Crippen LogP contribution in [-0.4, -0.2) is 22.3 Å². The van der Waals surface area contributed by atoms with Crippen LogP contribution in [0.15, 0.2) is 0 Å². The number of methoxy groups -OCH3 is 1. The molecule has 2 aliphatic rings. The molecule has 4 heteroatoms. The molecule has 0 saturated heterocycles. The van der Waals surface area contributed by atoms with Crippen LogP contribution >= 0.6 is 0 Å². The van der Waals surface area contributed by atoms with E-state index < -0.39 is 0 Å². The van der Waals surface area contributed by atoms with Crippen LogP contribution < -0.4 is 5.73 Å². The second kappa shape index (κ2) is 5.06. The van der Waals surface area contributed by atoms with Gasteiger partial charge in [0.2, 0.25) is 0 Å². The summed E-state index contributed by atoms with van der Waals surface area (Å²) in [5.74, 6) is 2.77. The molecule has 1 aromatic rings. The Morgan fingerprint density at radius 1 is 1.25 bits per heavy atom. The number of ether oxygens (including phenoxy) is 1. The Bertz CT molecular complexity index is 482. The fourth-order valence-corrected chi connectivity index (χ4v) is 3.31. The fraction of sp³-hybridized carbons (Fsp3) is 0.812. The van der Waals surface area contributed by atoms with E-state index in [1.807, 2.05) is 0 Å². The van der Waals surface area contributed by atoms with E-state index in [2.05, 4.69) is 18.4 Å². The summed E-state index contributed by atoms with van der Waals surface area (Å²) in [7, 11) is 1.76. The third kappa shape index (κ3) is 2.58. The summed E-state index contributed by atoms with van der Waals surface area (Å²) in [4.78, 5) is 4.94. The Hall–Kier alpha value is -1.03. The highest BCUT2D eigenvalue weighted by molar-refractivity contribution is 5.41. The summed E-state index contributed by atoms with van der Waals surface area (Å²) in [5.41, 5.74) is 7.25. The minimum absolute atomic E-state index is 0.205. The van der Waals surface area contributed by atoms with Gasteiger partial charge in [-0.05, 0) is 39.5 Å². The van der Waals surface area contributed by atoms with Gasteiger partial charge in [-0.15, -0.1) is 0 Å². The Morgan fingerprint density at radius 3 is 2.45 bits per heavy atom. The molecular formula is C16H27N3O. The normalized spacial score (nSPS) is 20.8. The quantitative estimate of drug-likeness (QED) is 0.897. The van der Waals surface area contributed by atoms with Crippen molar-refractivity contribution in [3.63, 3.8) is 0 Å². The molecule has 0 aliphatic heterocycles. The predicted octanol–water partition coefficient (Wildman–Crippen LogP) is 3.43. The largest absolute Gasteiger partial charge is 0.384 e. The van der Waals surface area contributed by atoms with Crippen molar-refractivity contribution in [1.29, 1.82) is 0 Å². The zero-order valence-corrected chi connectivity index (χ0v) is 13.0. The third-order valence-electron chi connectivity index (χ3n) is 4.83. The molecule has 0 aromatic carbocycles. The fourth-order valence-electron chi connectivity index (χ4n) is 3.31. The first-order chi connectivity index (χ1) is 9.52. The Labute approximate surface area is 121 Å². The van der Waals surface area contributed by atoms with Crippen molar-refractivity contribution < 1.29 is 4.74 Å². The van der Waals surface area contributed by atoms with Crippen molar-refractivity contribution in [1.82, 2.24) is 9.55 Å². The number of nitrogens with zero attached hydrogens (tertiary/aromatic N) is 2. The van der Waals surface area contributed by atoms with Crippen molar-refractivity contribution in [2.45, 2.75) is 76.4 Å². The molecule has 2 aliphatic carbocycles. The average molecular weight is 277 g/mol. The summed E-state index contributed by atoms with van der Waals surface area (Å²) in [6, 6.07) is 0.609. The molecular weight excluding hydrogens is 250 g/mol. The molecule has 0 radical (unpaired) electrons. The van der Waals surface area contributed by atoms with Gasteiger partial charge in [0.25, 0.3) is 0 Å². The molecule has 1 heterocycles. The van der Waals surface area contributed by atoms with Crippen LogP contribution in [0, 0.1) is 0 Å². The summed E-state index contributed by atoms with van der Waals surface area (Å²) in [6.45, 7) is 4.19. The number of aromatic nitrogens is 2. The number of rotatable bonds is 5. The van der Waals surface area contributed by atoms with Crippen LogP contribution in [0.5, 0.6) is 0 Å². The van der Waals surface area contributed by atoms with Crippen LogP contribution in [0.2, 0.25) is 0 Å². The van der Waals surface area contributed by atoms with Gasteiger partial charge in [-0.25, -0.2) is 4.98 Å². The van der Waals surface area contributed by atoms with Crippen molar-refractivity contribution >= 4 is 5.82 Å². The van der Waals surface area contributed by atoms with Gasteiger partial charge in [-0.2, -0.15) is 0 Å². The minimum Gasteiger partial charge on any atom is -0.384 e. The van der Waals surface area contributed by atoms with E-state index >= 15 is 0 Å². The molecule has 0 spiro atoms. The summed E-state index contributed by atoms with van der Waals surface area (Å²) in [5, 5.41) is 0. The van der Waals surface area contributed by atoms with Crippen molar-refractivity contribution in [3.8, 4) is 0 Å². The molecule has 112 valence electrons. The summed E-state index contributed by atoms with van der Waals surface area (Å²) in [6.07, 6.45) is 8.52. The minimum atomic E-state index is -0.205. The van der Waals surface area contributed by atoms with Gasteiger partial charge >= 0.3 is 0 Å². The summed E-state index contributed by atoms with van der Waals surface area (Å²) < 4.78 is 7.89. The van der Waals surface area contributed by atoms with Crippen LogP contribution in [0.3, 0.4) is 0 Å². The van der Waals surface area contributed by atoms with Crippen molar-refractivity contribution in [2.75, 3.05) is 12.8 Å². The Kier molecular flexibility index (Phi) is 3.53. The lowest BCUT2D eigenvalue weighted by molar-refractivity contribution is 0.0226. The standard InChI is InChI=1S/C16H27N3O/c1-16(2,20-3)10-13-14(17)19(12-8-9-12)15(18-13)11-6-4-5-7-11/h11-12H,4-10,17H2,1-3H3. The average Bonchev–Trinajstić information content (AvgIpc) is 2.99. The first-order valence-corrected chi connectivity index (χ1v) is 7.93. The molecule has 4 nitrogen and oxygen atoms in total. The van der Waals surface area contributed by atoms with E-state index in [4.69, 9.17) is 15.5 Å². The van der Waals surface area contributed by atoms with E-state index in [-0.39, 0.29) is 5.60 Å². The molecule has 0 atom stereocenters. The predicted molar refractivity (Wildman–Crippen MR) is 80.9 cm³/mol. The number of nitrogens with two attached hydrogens (primary N) is 1. The topological polar surface area (TPSA) is 53.1 Å². The highest BCUT2D eigenvalue weighted by Gasteiger charge is 2.34. The highest BCUT2D eigenvalue weighted by atomic mass is 16.5. The molecule has 1 aromatic heterocycles. The van der Waals surface area contributed by atoms with Gasteiger partial charge in [0.05, 0.1) is 11.3 Å². The lowest BCUT2D eigenvalue weighted by Gasteiger charge is -2.21. The third-order valence-corrected chi connectivity index (χ3v) is 4.83. The molecule has 20 heavy (non-hydrogen) atoms. The first kappa shape index (κ1) is 13.9. The van der Waals surface area contributed by atoms with E-state index in [1.165, 1.54) is 44.3 Å². The molecule has 0 bridgehead atoms. The smallest absolute Gasteiger partial charge is 0.127 e. The number of hydrogen-bond acceptors (Lipinski definition) is 3. The first-order valence-electron chi connectivity index (χ1n) is 7.93. The lowest BCUT2D eigenvalue weighted by Crippen LogP contribution is -2.26. The van der Waals surface area contributed by atoms with Crippen LogP contribution in [0.1, 0.15) is 75.9 Å². The molecule has 2 fully saturated rings. The maximum absolute atomic E-state index is 6.42. The van der Waals surface area contributed by atoms with Gasteiger partial charge in [0, 0.05) is 25.5 Å². The molecule has 2 saturated carbocycles. The second-order valence-corrected chi connectivity index (χ2v) is 7.03. The van der Waals surface area contributed by atoms with E-state index in [9.17, 15) is 0 Å². The maximum atomic E-state index is 6.42. The lowest BCUT2D eigenvalue weighted by atomic mass is 10.0. The molecule has 3 rings (SSSR count). The second-order valence-electron chi connectivity index (χ2n) is 7.03. The Morgan fingerprint density at radius 2 is 1.90 bits per heavy atom. The number of imidazole rings is 1. The van der Waals surface area contributed by atoms with Crippen molar-refractivity contribution in [3.05, 3.63) is 11.5 Å². The van der Waals surface area contributed by atoms with Gasteiger partial charge in [-0.3, -0.25) is 0 Å². The zero-order chi connectivity index (χ0) is 14.3. The van der Waals surface area contributed by atoms with Crippen LogP contribution in [0.4, 0.5) is 5.82 Å². The molecule has 2 N–H and O–H groups in total. The highest BCUT2D eigenvalue weighted by Crippen LogP contribution is 2.44. The monoisotopic (exact) mass is 277 g/mol. The maximum Gasteiger partial charge on any atom is 0.127 e.